The quantitative estimate of drug-likeness (QED) is 0.393. The van der Waals surface area contributed by atoms with Gasteiger partial charge in [0.2, 0.25) is 0 Å². The van der Waals surface area contributed by atoms with Crippen LogP contribution in [0.3, 0.4) is 0 Å². The number of rotatable bonds is 7. The molecule has 3 heteroatoms. The molecule has 24 heavy (non-hydrogen) atoms. The molecule has 1 saturated heterocycles. The maximum atomic E-state index is 11.9. The van der Waals surface area contributed by atoms with Gasteiger partial charge in [0.1, 0.15) is 0 Å². The average molecular weight is 329 g/mol. The Morgan fingerprint density at radius 3 is 2.67 bits per heavy atom. The van der Waals surface area contributed by atoms with Gasteiger partial charge in [-0.1, -0.05) is 33.3 Å². The lowest BCUT2D eigenvalue weighted by molar-refractivity contribution is -0.137. The monoisotopic (exact) mass is 329 g/mol. The van der Waals surface area contributed by atoms with Gasteiger partial charge < -0.3 is 9.64 Å². The molecule has 0 radical (unpaired) electrons. The molecule has 1 aliphatic heterocycles. The van der Waals surface area contributed by atoms with E-state index in [9.17, 15) is 4.79 Å². The second kappa shape index (κ2) is 9.51. The number of anilines is 1. The van der Waals surface area contributed by atoms with Crippen LogP contribution in [0.2, 0.25) is 0 Å². The largest absolute Gasteiger partial charge is 0.463 e. The summed E-state index contributed by atoms with van der Waals surface area (Å²) >= 11 is 0. The number of hydrogen-bond acceptors (Lipinski definition) is 3. The summed E-state index contributed by atoms with van der Waals surface area (Å²) in [6, 6.07) is 6.64. The lowest BCUT2D eigenvalue weighted by atomic mass is 9.98. The van der Waals surface area contributed by atoms with E-state index in [0.717, 1.165) is 31.5 Å². The molecule has 0 aromatic heterocycles. The first kappa shape index (κ1) is 18.6. The lowest BCUT2D eigenvalue weighted by Gasteiger charge is -2.30. The van der Waals surface area contributed by atoms with Crippen LogP contribution in [0.4, 0.5) is 5.69 Å². The van der Waals surface area contributed by atoms with Gasteiger partial charge in [-0.25, -0.2) is 4.79 Å². The molecule has 0 aliphatic carbocycles. The minimum absolute atomic E-state index is 0.247. The normalized spacial score (nSPS) is 15.2. The van der Waals surface area contributed by atoms with Crippen molar-refractivity contribution in [3.8, 4) is 0 Å². The Hall–Kier alpha value is -1.77. The first-order valence-corrected chi connectivity index (χ1v) is 9.35. The molecule has 1 fully saturated rings. The Morgan fingerprint density at radius 1 is 1.25 bits per heavy atom. The fraction of sp³-hybridized carbons (Fsp3) is 0.571. The number of unbranched alkanes of at least 4 members (excludes halogenated alkanes) is 1. The summed E-state index contributed by atoms with van der Waals surface area (Å²) in [5.41, 5.74) is 3.65. The van der Waals surface area contributed by atoms with E-state index in [1.807, 2.05) is 6.08 Å². The second-order valence-corrected chi connectivity index (χ2v) is 6.88. The Bertz CT molecular complexity index is 557. The van der Waals surface area contributed by atoms with Crippen molar-refractivity contribution in [2.24, 2.45) is 0 Å². The minimum Gasteiger partial charge on any atom is -0.463 e. The van der Waals surface area contributed by atoms with Gasteiger partial charge in [-0.05, 0) is 60.9 Å². The van der Waals surface area contributed by atoms with Crippen LogP contribution in [-0.2, 0) is 9.53 Å². The van der Waals surface area contributed by atoms with E-state index in [-0.39, 0.29) is 5.97 Å². The number of hydrogen-bond donors (Lipinski definition) is 0. The van der Waals surface area contributed by atoms with Crippen LogP contribution in [-0.4, -0.2) is 25.7 Å². The minimum atomic E-state index is -0.247. The average Bonchev–Trinajstić information content (AvgIpc) is 2.60. The number of piperidine rings is 1. The smallest absolute Gasteiger partial charge is 0.330 e. The molecule has 0 atom stereocenters. The topological polar surface area (TPSA) is 29.5 Å². The molecule has 1 aromatic carbocycles. The van der Waals surface area contributed by atoms with Gasteiger partial charge in [0.15, 0.2) is 0 Å². The Morgan fingerprint density at radius 2 is 2.00 bits per heavy atom. The number of carbonyl (C=O) groups excluding carboxylic acids is 1. The maximum absolute atomic E-state index is 11.9. The van der Waals surface area contributed by atoms with Gasteiger partial charge in [0, 0.05) is 24.9 Å². The molecule has 132 valence electrons. The van der Waals surface area contributed by atoms with Gasteiger partial charge in [-0.3, -0.25) is 0 Å². The van der Waals surface area contributed by atoms with Crippen molar-refractivity contribution >= 4 is 17.7 Å². The van der Waals surface area contributed by atoms with Crippen LogP contribution in [0.15, 0.2) is 24.3 Å². The van der Waals surface area contributed by atoms with Crippen molar-refractivity contribution in [2.75, 3.05) is 24.6 Å². The van der Waals surface area contributed by atoms with Crippen molar-refractivity contribution in [1.29, 1.82) is 0 Å². The third-order valence-electron chi connectivity index (χ3n) is 4.56. The number of ether oxygens (including phenoxy) is 1. The summed E-state index contributed by atoms with van der Waals surface area (Å²) in [5.74, 6) is 0.229. The molecular formula is C21H31NO2. The first-order valence-electron chi connectivity index (χ1n) is 9.35. The molecule has 1 aliphatic rings. The third-order valence-corrected chi connectivity index (χ3v) is 4.56. The number of nitrogens with zero attached hydrogens (tertiary/aromatic N) is 1. The summed E-state index contributed by atoms with van der Waals surface area (Å²) in [7, 11) is 0. The predicted molar refractivity (Wildman–Crippen MR) is 101 cm³/mol. The number of carbonyl (C=O) groups is 1. The lowest BCUT2D eigenvalue weighted by Crippen LogP contribution is -2.30. The maximum Gasteiger partial charge on any atom is 0.330 e. The van der Waals surface area contributed by atoms with E-state index in [1.165, 1.54) is 30.5 Å². The highest BCUT2D eigenvalue weighted by Gasteiger charge is 2.14. The number of esters is 1. The summed E-state index contributed by atoms with van der Waals surface area (Å²) in [4.78, 5) is 14.3. The van der Waals surface area contributed by atoms with E-state index in [0.29, 0.717) is 12.5 Å². The van der Waals surface area contributed by atoms with Crippen LogP contribution in [0.5, 0.6) is 0 Å². The van der Waals surface area contributed by atoms with Gasteiger partial charge >= 0.3 is 5.97 Å². The molecule has 3 nitrogen and oxygen atoms in total. The van der Waals surface area contributed by atoms with Crippen LogP contribution in [0.1, 0.15) is 69.9 Å². The molecule has 0 spiro atoms. The molecular weight excluding hydrogens is 298 g/mol. The van der Waals surface area contributed by atoms with E-state index in [1.54, 1.807) is 6.08 Å². The van der Waals surface area contributed by atoms with Crippen LogP contribution in [0, 0.1) is 0 Å². The number of benzene rings is 1. The molecule has 0 unspecified atom stereocenters. The molecule has 0 saturated carbocycles. The SMILES string of the molecule is CCCCOC(=O)/C=C/c1cc(C(C)C)ccc1N1CCCCC1. The molecule has 0 amide bonds. The molecule has 1 heterocycles. The second-order valence-electron chi connectivity index (χ2n) is 6.88. The van der Waals surface area contributed by atoms with Gasteiger partial charge in [-0.15, -0.1) is 0 Å². The van der Waals surface area contributed by atoms with Gasteiger partial charge in [0.25, 0.3) is 0 Å². The zero-order valence-corrected chi connectivity index (χ0v) is 15.4. The van der Waals surface area contributed by atoms with E-state index >= 15 is 0 Å². The summed E-state index contributed by atoms with van der Waals surface area (Å²) in [6.07, 6.45) is 9.25. The van der Waals surface area contributed by atoms with Crippen LogP contribution >= 0.6 is 0 Å². The molecule has 1 aromatic rings. The van der Waals surface area contributed by atoms with Crippen LogP contribution in [0.25, 0.3) is 6.08 Å². The molecule has 0 bridgehead atoms. The van der Waals surface area contributed by atoms with Crippen molar-refractivity contribution in [3.63, 3.8) is 0 Å². The zero-order chi connectivity index (χ0) is 17.4. The van der Waals surface area contributed by atoms with Crippen LogP contribution < -0.4 is 4.90 Å². The van der Waals surface area contributed by atoms with Crippen molar-refractivity contribution < 1.29 is 9.53 Å². The summed E-state index contributed by atoms with van der Waals surface area (Å²) in [5, 5.41) is 0. The zero-order valence-electron chi connectivity index (χ0n) is 15.4. The fourth-order valence-electron chi connectivity index (χ4n) is 3.01. The third kappa shape index (κ3) is 5.40. The van der Waals surface area contributed by atoms with E-state index in [4.69, 9.17) is 4.74 Å². The van der Waals surface area contributed by atoms with Crippen molar-refractivity contribution in [1.82, 2.24) is 0 Å². The highest BCUT2D eigenvalue weighted by atomic mass is 16.5. The highest BCUT2D eigenvalue weighted by molar-refractivity contribution is 5.88. The molecule has 2 rings (SSSR count). The molecule has 0 N–H and O–H groups in total. The van der Waals surface area contributed by atoms with Gasteiger partial charge in [0.05, 0.1) is 6.61 Å². The predicted octanol–water partition coefficient (Wildman–Crippen LogP) is 5.16. The highest BCUT2D eigenvalue weighted by Crippen LogP contribution is 2.28. The Kier molecular flexibility index (Phi) is 7.36. The van der Waals surface area contributed by atoms with E-state index < -0.39 is 0 Å². The summed E-state index contributed by atoms with van der Waals surface area (Å²) in [6.45, 7) is 9.19. The van der Waals surface area contributed by atoms with Gasteiger partial charge in [-0.2, -0.15) is 0 Å². The van der Waals surface area contributed by atoms with Crippen molar-refractivity contribution in [3.05, 3.63) is 35.4 Å². The van der Waals surface area contributed by atoms with E-state index in [2.05, 4.69) is 43.9 Å². The fourth-order valence-corrected chi connectivity index (χ4v) is 3.01. The first-order chi connectivity index (χ1) is 11.6. The Labute approximate surface area is 146 Å². The summed E-state index contributed by atoms with van der Waals surface area (Å²) < 4.78 is 5.23. The Balaban J connectivity index is 2.17. The standard InChI is InChI=1S/C21H31NO2/c1-4-5-15-24-21(23)12-10-19-16-18(17(2)3)9-11-20(19)22-13-7-6-8-14-22/h9-12,16-17H,4-8,13-15H2,1-3H3/b12-10+. The van der Waals surface area contributed by atoms with Crippen molar-refractivity contribution in [2.45, 2.75) is 58.8 Å².